The van der Waals surface area contributed by atoms with Crippen molar-refractivity contribution in [3.05, 3.63) is 18.7 Å². The zero-order valence-corrected chi connectivity index (χ0v) is 7.77. The van der Waals surface area contributed by atoms with Gasteiger partial charge >= 0.3 is 0 Å². The van der Waals surface area contributed by atoms with Gasteiger partial charge in [-0.15, -0.1) is 0 Å². The Kier molecular flexibility index (Phi) is 3.53. The van der Waals surface area contributed by atoms with Gasteiger partial charge in [-0.2, -0.15) is 0 Å². The SMILES string of the molecule is CNC(=S)NCCn1ccnc1. The second kappa shape index (κ2) is 4.71. The maximum absolute atomic E-state index is 4.90. The standard InChI is InChI=1S/C7H12N4S/c1-8-7(12)10-3-5-11-4-2-9-6-11/h2,4,6H,3,5H2,1H3,(H2,8,10,12). The lowest BCUT2D eigenvalue weighted by molar-refractivity contribution is 0.671. The molecule has 0 radical (unpaired) electrons. The topological polar surface area (TPSA) is 41.9 Å². The number of rotatable bonds is 3. The van der Waals surface area contributed by atoms with E-state index in [0.717, 1.165) is 13.1 Å². The molecule has 0 spiro atoms. The van der Waals surface area contributed by atoms with E-state index >= 15 is 0 Å². The second-order valence-corrected chi connectivity index (χ2v) is 2.71. The van der Waals surface area contributed by atoms with Crippen molar-refractivity contribution in [2.75, 3.05) is 13.6 Å². The van der Waals surface area contributed by atoms with Crippen LogP contribution in [0.1, 0.15) is 0 Å². The van der Waals surface area contributed by atoms with Gasteiger partial charge in [0.1, 0.15) is 0 Å². The average molecular weight is 184 g/mol. The van der Waals surface area contributed by atoms with Gasteiger partial charge < -0.3 is 15.2 Å². The van der Waals surface area contributed by atoms with Gasteiger partial charge in [0.2, 0.25) is 0 Å². The molecule has 1 heterocycles. The zero-order valence-electron chi connectivity index (χ0n) is 6.95. The molecule has 0 aliphatic rings. The monoisotopic (exact) mass is 184 g/mol. The fraction of sp³-hybridized carbons (Fsp3) is 0.429. The van der Waals surface area contributed by atoms with Gasteiger partial charge in [0, 0.05) is 32.5 Å². The molecular weight excluding hydrogens is 172 g/mol. The number of nitrogens with one attached hydrogen (secondary N) is 2. The first-order valence-corrected chi connectivity index (χ1v) is 4.15. The summed E-state index contributed by atoms with van der Waals surface area (Å²) < 4.78 is 1.99. The molecule has 0 saturated carbocycles. The summed E-state index contributed by atoms with van der Waals surface area (Å²) in [6.07, 6.45) is 5.46. The number of aromatic nitrogens is 2. The Labute approximate surface area is 77.0 Å². The molecule has 66 valence electrons. The molecule has 0 bridgehead atoms. The van der Waals surface area contributed by atoms with Crippen molar-refractivity contribution in [3.8, 4) is 0 Å². The minimum atomic E-state index is 0.676. The first-order chi connectivity index (χ1) is 5.83. The quantitative estimate of drug-likeness (QED) is 0.648. The molecule has 0 aliphatic heterocycles. The summed E-state index contributed by atoms with van der Waals surface area (Å²) in [6.45, 7) is 1.69. The third-order valence-corrected chi connectivity index (χ3v) is 1.79. The van der Waals surface area contributed by atoms with E-state index in [9.17, 15) is 0 Å². The van der Waals surface area contributed by atoms with E-state index in [1.165, 1.54) is 0 Å². The molecule has 1 aromatic rings. The number of hydrogen-bond donors (Lipinski definition) is 2. The lowest BCUT2D eigenvalue weighted by atomic mass is 10.6. The van der Waals surface area contributed by atoms with Crippen molar-refractivity contribution in [1.29, 1.82) is 0 Å². The molecule has 0 amide bonds. The van der Waals surface area contributed by atoms with E-state index < -0.39 is 0 Å². The highest BCUT2D eigenvalue weighted by Gasteiger charge is 1.90. The van der Waals surface area contributed by atoms with E-state index in [2.05, 4.69) is 15.6 Å². The van der Waals surface area contributed by atoms with Gasteiger partial charge in [-0.1, -0.05) is 0 Å². The van der Waals surface area contributed by atoms with Crippen molar-refractivity contribution in [2.24, 2.45) is 0 Å². The first-order valence-electron chi connectivity index (χ1n) is 3.74. The van der Waals surface area contributed by atoms with Crippen LogP contribution in [0.4, 0.5) is 0 Å². The summed E-state index contributed by atoms with van der Waals surface area (Å²) in [5.74, 6) is 0. The summed E-state index contributed by atoms with van der Waals surface area (Å²) in [7, 11) is 1.80. The molecule has 5 heteroatoms. The van der Waals surface area contributed by atoms with Gasteiger partial charge in [0.05, 0.1) is 6.33 Å². The van der Waals surface area contributed by atoms with E-state index in [4.69, 9.17) is 12.2 Å². The summed E-state index contributed by atoms with van der Waals surface area (Å²) in [4.78, 5) is 3.93. The number of thiocarbonyl (C=S) groups is 1. The van der Waals surface area contributed by atoms with Crippen LogP contribution in [0.25, 0.3) is 0 Å². The molecule has 0 saturated heterocycles. The van der Waals surface area contributed by atoms with Gasteiger partial charge in [0.15, 0.2) is 5.11 Å². The fourth-order valence-corrected chi connectivity index (χ4v) is 0.908. The van der Waals surface area contributed by atoms with E-state index in [1.54, 1.807) is 19.6 Å². The second-order valence-electron chi connectivity index (χ2n) is 2.31. The maximum Gasteiger partial charge on any atom is 0.166 e. The van der Waals surface area contributed by atoms with Crippen LogP contribution in [0, 0.1) is 0 Å². The Balaban J connectivity index is 2.15. The van der Waals surface area contributed by atoms with Crippen LogP contribution in [0.5, 0.6) is 0 Å². The van der Waals surface area contributed by atoms with Crippen LogP contribution < -0.4 is 10.6 Å². The van der Waals surface area contributed by atoms with E-state index in [0.29, 0.717) is 5.11 Å². The van der Waals surface area contributed by atoms with Gasteiger partial charge in [-0.05, 0) is 12.2 Å². The van der Waals surface area contributed by atoms with E-state index in [1.807, 2.05) is 10.8 Å². The molecule has 0 fully saturated rings. The molecular formula is C7H12N4S. The van der Waals surface area contributed by atoms with Crippen molar-refractivity contribution in [3.63, 3.8) is 0 Å². The van der Waals surface area contributed by atoms with Crippen LogP contribution in [0.3, 0.4) is 0 Å². The molecule has 0 unspecified atom stereocenters. The lowest BCUT2D eigenvalue weighted by Gasteiger charge is -2.06. The molecule has 1 rings (SSSR count). The maximum atomic E-state index is 4.90. The van der Waals surface area contributed by atoms with Gasteiger partial charge in [0.25, 0.3) is 0 Å². The van der Waals surface area contributed by atoms with Crippen molar-refractivity contribution in [1.82, 2.24) is 20.2 Å². The summed E-state index contributed by atoms with van der Waals surface area (Å²) in [5.41, 5.74) is 0. The summed E-state index contributed by atoms with van der Waals surface area (Å²) >= 11 is 4.90. The minimum absolute atomic E-state index is 0.676. The predicted molar refractivity (Wildman–Crippen MR) is 51.9 cm³/mol. The minimum Gasteiger partial charge on any atom is -0.366 e. The smallest absolute Gasteiger partial charge is 0.166 e. The zero-order chi connectivity index (χ0) is 8.81. The predicted octanol–water partition coefficient (Wildman–Crippen LogP) is -0.0230. The highest BCUT2D eigenvalue weighted by atomic mass is 32.1. The van der Waals surface area contributed by atoms with E-state index in [-0.39, 0.29) is 0 Å². The Hall–Kier alpha value is -1.10. The Bertz CT molecular complexity index is 232. The third kappa shape index (κ3) is 2.87. The molecule has 4 nitrogen and oxygen atoms in total. The molecule has 0 aliphatic carbocycles. The first kappa shape index (κ1) is 8.99. The van der Waals surface area contributed by atoms with Gasteiger partial charge in [-0.25, -0.2) is 4.98 Å². The Morgan fingerprint density at radius 2 is 2.50 bits per heavy atom. The summed E-state index contributed by atoms with van der Waals surface area (Å²) in [6, 6.07) is 0. The van der Waals surface area contributed by atoms with Crippen LogP contribution >= 0.6 is 12.2 Å². The molecule has 0 atom stereocenters. The highest BCUT2D eigenvalue weighted by Crippen LogP contribution is 1.83. The van der Waals surface area contributed by atoms with Crippen LogP contribution in [0.2, 0.25) is 0 Å². The van der Waals surface area contributed by atoms with Crippen LogP contribution in [-0.2, 0) is 6.54 Å². The van der Waals surface area contributed by atoms with Crippen molar-refractivity contribution in [2.45, 2.75) is 6.54 Å². The largest absolute Gasteiger partial charge is 0.366 e. The third-order valence-electron chi connectivity index (χ3n) is 1.44. The van der Waals surface area contributed by atoms with Crippen LogP contribution in [0.15, 0.2) is 18.7 Å². The summed E-state index contributed by atoms with van der Waals surface area (Å²) in [5, 5.41) is 6.56. The lowest BCUT2D eigenvalue weighted by Crippen LogP contribution is -2.34. The number of nitrogens with zero attached hydrogens (tertiary/aromatic N) is 2. The normalized spacial score (nSPS) is 9.42. The number of imidazole rings is 1. The Morgan fingerprint density at radius 3 is 3.08 bits per heavy atom. The molecule has 2 N–H and O–H groups in total. The fourth-order valence-electron chi connectivity index (χ4n) is 0.806. The highest BCUT2D eigenvalue weighted by molar-refractivity contribution is 7.80. The van der Waals surface area contributed by atoms with Crippen molar-refractivity contribution < 1.29 is 0 Å². The van der Waals surface area contributed by atoms with Crippen molar-refractivity contribution >= 4 is 17.3 Å². The Morgan fingerprint density at radius 1 is 1.67 bits per heavy atom. The number of hydrogen-bond acceptors (Lipinski definition) is 2. The van der Waals surface area contributed by atoms with Crippen LogP contribution in [-0.4, -0.2) is 28.3 Å². The molecule has 1 aromatic heterocycles. The molecule has 0 aromatic carbocycles. The molecule has 12 heavy (non-hydrogen) atoms. The van der Waals surface area contributed by atoms with Gasteiger partial charge in [-0.3, -0.25) is 0 Å². The average Bonchev–Trinajstić information content (AvgIpc) is 2.57.